The van der Waals surface area contributed by atoms with E-state index in [1.165, 1.54) is 4.90 Å². The average molecular weight is 517 g/mol. The maximum atomic E-state index is 14.6. The summed E-state index contributed by atoms with van der Waals surface area (Å²) >= 11 is 6.27. The molecule has 1 saturated heterocycles. The molecule has 0 spiro atoms. The van der Waals surface area contributed by atoms with Crippen molar-refractivity contribution >= 4 is 41.0 Å². The van der Waals surface area contributed by atoms with Gasteiger partial charge in [0, 0.05) is 17.2 Å². The Hall–Kier alpha value is -4.02. The Morgan fingerprint density at radius 2 is 1.66 bits per heavy atom. The minimum Gasteiger partial charge on any atom is -0.274 e. The van der Waals surface area contributed by atoms with Crippen LogP contribution in [0, 0.1) is 25.7 Å². The van der Waals surface area contributed by atoms with E-state index in [0.29, 0.717) is 16.4 Å². The molecule has 1 heterocycles. The molecule has 2 amide bonds. The van der Waals surface area contributed by atoms with Crippen molar-refractivity contribution in [2.24, 2.45) is 16.8 Å². The van der Waals surface area contributed by atoms with Gasteiger partial charge < -0.3 is 0 Å². The number of anilines is 1. The molecule has 4 aromatic carbocycles. The van der Waals surface area contributed by atoms with E-state index in [2.05, 4.69) is 36.4 Å². The molecule has 38 heavy (non-hydrogen) atoms. The maximum absolute atomic E-state index is 14.6. The molecular formula is C33H25ClN2O2. The smallest absolute Gasteiger partial charge is 0.239 e. The number of nitrogens with zero attached hydrogens (tertiary/aromatic N) is 2. The van der Waals surface area contributed by atoms with E-state index < -0.39 is 17.3 Å². The molecule has 4 nitrogen and oxygen atoms in total. The normalized spacial score (nSPS) is 25.0. The monoisotopic (exact) mass is 516 g/mol. The van der Waals surface area contributed by atoms with Crippen LogP contribution in [-0.4, -0.2) is 18.0 Å². The number of aryl methyl sites for hydroxylation is 2. The second-order valence-corrected chi connectivity index (χ2v) is 11.0. The first-order valence-electron chi connectivity index (χ1n) is 12.9. The van der Waals surface area contributed by atoms with E-state index in [4.69, 9.17) is 16.6 Å². The Morgan fingerprint density at radius 1 is 0.868 bits per heavy atom. The van der Waals surface area contributed by atoms with Gasteiger partial charge in [-0.3, -0.25) is 14.6 Å². The summed E-state index contributed by atoms with van der Waals surface area (Å²) in [6.07, 6.45) is 1.89. The highest BCUT2D eigenvalue weighted by Gasteiger charge is 2.65. The lowest BCUT2D eigenvalue weighted by Crippen LogP contribution is -2.51. The molecule has 1 aliphatic heterocycles. The largest absolute Gasteiger partial charge is 0.274 e. The van der Waals surface area contributed by atoms with Gasteiger partial charge in [0.2, 0.25) is 11.8 Å². The lowest BCUT2D eigenvalue weighted by atomic mass is 9.52. The Kier molecular flexibility index (Phi) is 5.01. The molecule has 5 aliphatic carbocycles. The van der Waals surface area contributed by atoms with Gasteiger partial charge in [-0.1, -0.05) is 83.9 Å². The third-order valence-corrected chi connectivity index (χ3v) is 8.74. The van der Waals surface area contributed by atoms with E-state index in [-0.39, 0.29) is 17.7 Å². The Balaban J connectivity index is 1.52. The zero-order valence-corrected chi connectivity index (χ0v) is 21.8. The number of rotatable bonds is 3. The summed E-state index contributed by atoms with van der Waals surface area (Å²) in [5.41, 5.74) is 6.56. The van der Waals surface area contributed by atoms with E-state index in [9.17, 15) is 9.59 Å². The summed E-state index contributed by atoms with van der Waals surface area (Å²) in [5.74, 6) is -1.70. The van der Waals surface area contributed by atoms with Crippen molar-refractivity contribution in [1.29, 1.82) is 0 Å². The van der Waals surface area contributed by atoms with Gasteiger partial charge in [0.05, 0.1) is 28.6 Å². The van der Waals surface area contributed by atoms with Crippen molar-refractivity contribution in [1.82, 2.24) is 0 Å². The highest BCUT2D eigenvalue weighted by molar-refractivity contribution is 6.30. The molecule has 0 saturated carbocycles. The van der Waals surface area contributed by atoms with E-state index in [1.807, 2.05) is 68.6 Å². The number of carbonyl (C=O) groups excluding carboxylic acids is 2. The van der Waals surface area contributed by atoms with Gasteiger partial charge in [0.25, 0.3) is 0 Å². The predicted octanol–water partition coefficient (Wildman–Crippen LogP) is 6.91. The number of benzene rings is 4. The van der Waals surface area contributed by atoms with Crippen LogP contribution in [0.15, 0.2) is 96.0 Å². The summed E-state index contributed by atoms with van der Waals surface area (Å²) in [6.45, 7) is 3.97. The lowest BCUT2D eigenvalue weighted by Gasteiger charge is -2.48. The van der Waals surface area contributed by atoms with Crippen molar-refractivity contribution in [3.8, 4) is 0 Å². The number of hydrogen-bond acceptors (Lipinski definition) is 3. The first-order chi connectivity index (χ1) is 18.4. The molecule has 5 heteroatoms. The third kappa shape index (κ3) is 3.07. The molecule has 1 fully saturated rings. The minimum atomic E-state index is -0.918. The first kappa shape index (κ1) is 23.1. The zero-order valence-electron chi connectivity index (χ0n) is 21.1. The van der Waals surface area contributed by atoms with Gasteiger partial charge in [0.1, 0.15) is 0 Å². The summed E-state index contributed by atoms with van der Waals surface area (Å²) in [7, 11) is 0. The quantitative estimate of drug-likeness (QED) is 0.219. The van der Waals surface area contributed by atoms with Gasteiger partial charge >= 0.3 is 0 Å². The summed E-state index contributed by atoms with van der Waals surface area (Å²) in [6, 6.07) is 29.9. The Morgan fingerprint density at radius 3 is 2.42 bits per heavy atom. The van der Waals surface area contributed by atoms with Gasteiger partial charge in [-0.2, -0.15) is 0 Å². The molecule has 10 rings (SSSR count). The summed E-state index contributed by atoms with van der Waals surface area (Å²) in [5, 5.41) is 0.592. The molecular weight excluding hydrogens is 492 g/mol. The molecule has 4 bridgehead atoms. The number of hydrogen-bond donors (Lipinski definition) is 0. The lowest BCUT2D eigenvalue weighted by molar-refractivity contribution is -0.122. The molecule has 6 aliphatic rings. The summed E-state index contributed by atoms with van der Waals surface area (Å²) < 4.78 is 0. The van der Waals surface area contributed by atoms with Gasteiger partial charge in [-0.25, -0.2) is 4.90 Å². The average Bonchev–Trinajstić information content (AvgIpc) is 3.15. The van der Waals surface area contributed by atoms with Crippen LogP contribution < -0.4 is 4.90 Å². The number of halogens is 1. The highest BCUT2D eigenvalue weighted by atomic mass is 35.5. The molecule has 0 unspecified atom stereocenters. The standard InChI is InChI=1S/C33H25ClN2O2/c1-19-10-15-27(20(2)16-19)36-31(37)29-28-21-11-13-22(14-12-21)33(30(29)32(36)38,26-9-4-3-8-25(26)28)18-35-24-7-5-6-23(34)17-24/h3-18,28-30H,1-2H3/t28-,29+,30-,33-/m0/s1. The third-order valence-electron chi connectivity index (χ3n) is 8.51. The first-order valence-corrected chi connectivity index (χ1v) is 13.2. The highest BCUT2D eigenvalue weighted by Crippen LogP contribution is 2.60. The number of imide groups is 1. The van der Waals surface area contributed by atoms with Crippen LogP contribution in [-0.2, 0) is 15.0 Å². The second-order valence-electron chi connectivity index (χ2n) is 10.6. The van der Waals surface area contributed by atoms with Crippen LogP contribution in [0.1, 0.15) is 39.3 Å². The number of carbonyl (C=O) groups is 2. The topological polar surface area (TPSA) is 49.7 Å². The molecule has 0 radical (unpaired) electrons. The van der Waals surface area contributed by atoms with E-state index >= 15 is 0 Å². The van der Waals surface area contributed by atoms with Crippen molar-refractivity contribution in [3.05, 3.63) is 129 Å². The minimum absolute atomic E-state index is 0.144. The van der Waals surface area contributed by atoms with Crippen molar-refractivity contribution < 1.29 is 9.59 Å². The zero-order chi connectivity index (χ0) is 26.2. The van der Waals surface area contributed by atoms with E-state index in [1.54, 1.807) is 6.07 Å². The summed E-state index contributed by atoms with van der Waals surface area (Å²) in [4.78, 5) is 35.3. The van der Waals surface area contributed by atoms with Gasteiger partial charge in [-0.05, 0) is 65.9 Å². The van der Waals surface area contributed by atoms with Crippen LogP contribution >= 0.6 is 11.6 Å². The van der Waals surface area contributed by atoms with Gasteiger partial charge in [-0.15, -0.1) is 0 Å². The maximum Gasteiger partial charge on any atom is 0.239 e. The van der Waals surface area contributed by atoms with Crippen molar-refractivity contribution in [2.75, 3.05) is 4.90 Å². The van der Waals surface area contributed by atoms with Crippen LogP contribution in [0.4, 0.5) is 11.4 Å². The SMILES string of the molecule is Cc1ccc(N2C(=O)[C@@H]3[C@H]4c5ccc(cc5)[C@@](C=Nc5cccc(Cl)c5)(c5ccccc54)[C@@H]3C2=O)c(C)c1. The second kappa shape index (κ2) is 8.24. The van der Waals surface area contributed by atoms with Crippen LogP contribution in [0.2, 0.25) is 5.02 Å². The Labute approximate surface area is 226 Å². The molecule has 0 N–H and O–H groups in total. The van der Waals surface area contributed by atoms with Crippen LogP contribution in [0.3, 0.4) is 0 Å². The molecule has 186 valence electrons. The van der Waals surface area contributed by atoms with Crippen LogP contribution in [0.5, 0.6) is 0 Å². The van der Waals surface area contributed by atoms with Crippen molar-refractivity contribution in [2.45, 2.75) is 25.2 Å². The fourth-order valence-corrected chi connectivity index (χ4v) is 7.14. The van der Waals surface area contributed by atoms with E-state index in [0.717, 1.165) is 33.4 Å². The molecule has 4 aromatic rings. The van der Waals surface area contributed by atoms with Gasteiger partial charge in [0.15, 0.2) is 0 Å². The van der Waals surface area contributed by atoms with Crippen LogP contribution in [0.25, 0.3) is 0 Å². The fourth-order valence-electron chi connectivity index (χ4n) is 6.95. The Bertz CT molecular complexity index is 1670. The predicted molar refractivity (Wildman–Crippen MR) is 150 cm³/mol. The molecule has 0 aromatic heterocycles. The van der Waals surface area contributed by atoms with Crippen molar-refractivity contribution in [3.63, 3.8) is 0 Å². The number of aliphatic imine (C=N–C) groups is 1. The fraction of sp³-hybridized carbons (Fsp3) is 0.182. The molecule has 4 atom stereocenters. The number of amides is 2.